The second-order valence-corrected chi connectivity index (χ2v) is 8.56. The summed E-state index contributed by atoms with van der Waals surface area (Å²) in [6.07, 6.45) is 0.505. The van der Waals surface area contributed by atoms with Gasteiger partial charge in [-0.15, -0.1) is 0 Å². The number of hydrogen-bond donors (Lipinski definition) is 2. The van der Waals surface area contributed by atoms with E-state index in [2.05, 4.69) is 5.32 Å². The molecule has 2 aliphatic heterocycles. The maximum absolute atomic E-state index is 14.2. The molecule has 8 heteroatoms. The minimum absolute atomic E-state index is 0.00293. The van der Waals surface area contributed by atoms with Gasteiger partial charge >= 0.3 is 0 Å². The zero-order chi connectivity index (χ0) is 22.1. The molecule has 2 amide bonds. The van der Waals surface area contributed by atoms with Crippen molar-refractivity contribution in [2.24, 2.45) is 11.8 Å². The first-order chi connectivity index (χ1) is 14.9. The maximum Gasteiger partial charge on any atom is 0.241 e. The Morgan fingerprint density at radius 2 is 1.68 bits per heavy atom. The van der Waals surface area contributed by atoms with E-state index in [4.69, 9.17) is 11.6 Å². The highest BCUT2D eigenvalue weighted by Gasteiger charge is 2.42. The van der Waals surface area contributed by atoms with Crippen LogP contribution in [0.4, 0.5) is 10.1 Å². The highest BCUT2D eigenvalue weighted by Crippen LogP contribution is 2.37. The number of nitrogens with one attached hydrogen (secondary N) is 1. The summed E-state index contributed by atoms with van der Waals surface area (Å²) in [5.74, 6) is 0.190. The molecule has 2 aromatic rings. The van der Waals surface area contributed by atoms with Crippen LogP contribution >= 0.6 is 11.6 Å². The fourth-order valence-electron chi connectivity index (χ4n) is 4.50. The van der Waals surface area contributed by atoms with E-state index < -0.39 is 5.82 Å². The fraction of sp³-hybridized carbons (Fsp3) is 0.391. The Labute approximate surface area is 185 Å². The van der Waals surface area contributed by atoms with Crippen LogP contribution in [0.25, 0.3) is 11.1 Å². The normalized spacial score (nSPS) is 20.1. The lowest BCUT2D eigenvalue weighted by atomic mass is 10.0. The van der Waals surface area contributed by atoms with E-state index in [1.54, 1.807) is 29.2 Å². The number of amides is 2. The number of hydrogen-bond acceptors (Lipinski definition) is 4. The van der Waals surface area contributed by atoms with Crippen molar-refractivity contribution >= 4 is 29.1 Å². The first-order valence-corrected chi connectivity index (χ1v) is 10.8. The van der Waals surface area contributed by atoms with Crippen LogP contribution < -0.4 is 5.32 Å². The van der Waals surface area contributed by atoms with Crippen molar-refractivity contribution in [3.8, 4) is 16.9 Å². The molecule has 6 nitrogen and oxygen atoms in total. The Kier molecular flexibility index (Phi) is 6.05. The smallest absolute Gasteiger partial charge is 0.241 e. The maximum atomic E-state index is 14.2. The summed E-state index contributed by atoms with van der Waals surface area (Å²) >= 11 is 6.22. The number of nitrogens with zero attached hydrogens (tertiary/aromatic N) is 2. The highest BCUT2D eigenvalue weighted by atomic mass is 35.5. The number of phenolic OH excluding ortho intramolecular Hbond substituents is 1. The SMILES string of the molecule is CCC(=O)N1CC2CN(C(=O)CNc3cc(-c4ccccc4F)c(Cl)cc3O)CC2C1. The lowest BCUT2D eigenvalue weighted by molar-refractivity contribution is -0.130. The van der Waals surface area contributed by atoms with Crippen molar-refractivity contribution in [3.05, 3.63) is 47.2 Å². The lowest BCUT2D eigenvalue weighted by Crippen LogP contribution is -2.37. The van der Waals surface area contributed by atoms with Crippen molar-refractivity contribution < 1.29 is 19.1 Å². The fourth-order valence-corrected chi connectivity index (χ4v) is 4.76. The van der Waals surface area contributed by atoms with Crippen LogP contribution in [0.5, 0.6) is 5.75 Å². The van der Waals surface area contributed by atoms with Crippen molar-refractivity contribution in [2.75, 3.05) is 38.0 Å². The third-order valence-electron chi connectivity index (χ3n) is 6.17. The van der Waals surface area contributed by atoms with Crippen molar-refractivity contribution in [2.45, 2.75) is 13.3 Å². The van der Waals surface area contributed by atoms with Gasteiger partial charge in [0.15, 0.2) is 0 Å². The van der Waals surface area contributed by atoms with Gasteiger partial charge in [-0.1, -0.05) is 36.7 Å². The summed E-state index contributed by atoms with van der Waals surface area (Å²) in [5.41, 5.74) is 1.07. The second-order valence-electron chi connectivity index (χ2n) is 8.15. The molecule has 31 heavy (non-hydrogen) atoms. The largest absolute Gasteiger partial charge is 0.506 e. The molecule has 0 aromatic heterocycles. The highest BCUT2D eigenvalue weighted by molar-refractivity contribution is 6.33. The number of rotatable bonds is 5. The summed E-state index contributed by atoms with van der Waals surface area (Å²) in [6, 6.07) is 9.14. The van der Waals surface area contributed by atoms with Crippen molar-refractivity contribution in [1.29, 1.82) is 0 Å². The molecule has 2 N–H and O–H groups in total. The molecular formula is C23H25ClFN3O3. The number of anilines is 1. The molecule has 2 atom stereocenters. The minimum atomic E-state index is -0.420. The number of phenols is 1. The average molecular weight is 446 g/mol. The van der Waals surface area contributed by atoms with Crippen molar-refractivity contribution in [1.82, 2.24) is 9.80 Å². The number of carbonyl (C=O) groups excluding carboxylic acids is 2. The number of aromatic hydroxyl groups is 1. The van der Waals surface area contributed by atoms with E-state index >= 15 is 0 Å². The van der Waals surface area contributed by atoms with Gasteiger partial charge < -0.3 is 20.2 Å². The predicted octanol–water partition coefficient (Wildman–Crippen LogP) is 3.59. The number of carbonyl (C=O) groups is 2. The molecule has 0 aliphatic carbocycles. The number of benzene rings is 2. The van der Waals surface area contributed by atoms with Gasteiger partial charge in [0, 0.05) is 61.6 Å². The minimum Gasteiger partial charge on any atom is -0.506 e. The number of halogens is 2. The molecule has 2 saturated heterocycles. The first-order valence-electron chi connectivity index (χ1n) is 10.4. The Morgan fingerprint density at radius 3 is 2.29 bits per heavy atom. The quantitative estimate of drug-likeness (QED) is 0.690. The lowest BCUT2D eigenvalue weighted by Gasteiger charge is -2.22. The summed E-state index contributed by atoms with van der Waals surface area (Å²) < 4.78 is 14.2. The van der Waals surface area contributed by atoms with Gasteiger partial charge in [-0.2, -0.15) is 0 Å². The van der Waals surface area contributed by atoms with Gasteiger partial charge in [0.25, 0.3) is 0 Å². The van der Waals surface area contributed by atoms with E-state index in [0.717, 1.165) is 0 Å². The van der Waals surface area contributed by atoms with Crippen LogP contribution in [0.3, 0.4) is 0 Å². The van der Waals surface area contributed by atoms with E-state index in [0.29, 0.717) is 61.2 Å². The summed E-state index contributed by atoms with van der Waals surface area (Å²) in [7, 11) is 0. The Hall–Kier alpha value is -2.80. The van der Waals surface area contributed by atoms with Crippen LogP contribution in [0.1, 0.15) is 13.3 Å². The van der Waals surface area contributed by atoms with Crippen LogP contribution in [0.2, 0.25) is 5.02 Å². The number of likely N-dealkylation sites (tertiary alicyclic amines) is 2. The third-order valence-corrected chi connectivity index (χ3v) is 6.49. The summed E-state index contributed by atoms with van der Waals surface area (Å²) in [4.78, 5) is 28.3. The van der Waals surface area contributed by atoms with Crippen LogP contribution in [0.15, 0.2) is 36.4 Å². The van der Waals surface area contributed by atoms with Crippen LogP contribution in [-0.4, -0.2) is 59.4 Å². The molecule has 4 rings (SSSR count). The summed E-state index contributed by atoms with van der Waals surface area (Å²) in [5, 5.41) is 13.4. The Morgan fingerprint density at radius 1 is 1.06 bits per heavy atom. The Balaban J connectivity index is 1.40. The molecule has 2 fully saturated rings. The predicted molar refractivity (Wildman–Crippen MR) is 117 cm³/mol. The molecule has 2 heterocycles. The van der Waals surface area contributed by atoms with Gasteiger partial charge in [0.2, 0.25) is 11.8 Å². The summed E-state index contributed by atoms with van der Waals surface area (Å²) in [6.45, 7) is 4.54. The first kappa shape index (κ1) is 21.4. The molecule has 0 radical (unpaired) electrons. The molecule has 0 spiro atoms. The molecule has 2 unspecified atom stereocenters. The van der Waals surface area contributed by atoms with Gasteiger partial charge in [-0.3, -0.25) is 9.59 Å². The monoisotopic (exact) mass is 445 g/mol. The molecule has 2 aliphatic rings. The van der Waals surface area contributed by atoms with Gasteiger partial charge in [-0.05, 0) is 12.1 Å². The molecule has 0 saturated carbocycles. The molecule has 2 aromatic carbocycles. The average Bonchev–Trinajstić information content (AvgIpc) is 3.32. The zero-order valence-electron chi connectivity index (χ0n) is 17.3. The van der Waals surface area contributed by atoms with E-state index in [1.165, 1.54) is 12.1 Å². The second kappa shape index (κ2) is 8.75. The van der Waals surface area contributed by atoms with Crippen molar-refractivity contribution in [3.63, 3.8) is 0 Å². The van der Waals surface area contributed by atoms with E-state index in [-0.39, 0.29) is 29.1 Å². The van der Waals surface area contributed by atoms with E-state index in [9.17, 15) is 19.1 Å². The van der Waals surface area contributed by atoms with Gasteiger partial charge in [0.05, 0.1) is 17.3 Å². The van der Waals surface area contributed by atoms with Crippen LogP contribution in [0, 0.1) is 17.7 Å². The van der Waals surface area contributed by atoms with E-state index in [1.807, 2.05) is 11.8 Å². The number of fused-ring (bicyclic) bond motifs is 1. The molecule has 164 valence electrons. The third kappa shape index (κ3) is 4.32. The topological polar surface area (TPSA) is 72.9 Å². The van der Waals surface area contributed by atoms with Crippen LogP contribution in [-0.2, 0) is 9.59 Å². The van der Waals surface area contributed by atoms with Gasteiger partial charge in [0.1, 0.15) is 11.6 Å². The Bertz CT molecular complexity index is 1000. The molecule has 0 bridgehead atoms. The zero-order valence-corrected chi connectivity index (χ0v) is 18.0. The standard InChI is InChI=1S/C23H25ClFN3O3/c1-2-22(30)27-10-14-12-28(13-15(14)11-27)23(31)9-26-20-7-17(18(24)8-21(20)29)16-5-3-4-6-19(16)25/h3-8,14-15,26,29H,2,9-13H2,1H3. The van der Waals surface area contributed by atoms with Gasteiger partial charge in [-0.25, -0.2) is 4.39 Å². The molecular weight excluding hydrogens is 421 g/mol.